The molecule has 6 nitrogen and oxygen atoms in total. The van der Waals surface area contributed by atoms with Gasteiger partial charge in [-0.15, -0.1) is 0 Å². The Bertz CT molecular complexity index is 1090. The molecular weight excluding hydrogens is 402 g/mol. The van der Waals surface area contributed by atoms with Gasteiger partial charge in [-0.25, -0.2) is 13.8 Å². The van der Waals surface area contributed by atoms with Gasteiger partial charge in [0.2, 0.25) is 0 Å². The highest BCUT2D eigenvalue weighted by atomic mass is 19.1. The van der Waals surface area contributed by atoms with E-state index in [9.17, 15) is 18.7 Å². The first kappa shape index (κ1) is 20.9. The molecule has 0 spiro atoms. The van der Waals surface area contributed by atoms with Crippen LogP contribution in [0.3, 0.4) is 0 Å². The summed E-state index contributed by atoms with van der Waals surface area (Å²) in [5.74, 6) is -1.97. The van der Waals surface area contributed by atoms with E-state index < -0.39 is 17.5 Å². The van der Waals surface area contributed by atoms with E-state index in [1.807, 2.05) is 6.07 Å². The Morgan fingerprint density at radius 1 is 1.06 bits per heavy atom. The first-order valence-corrected chi connectivity index (χ1v) is 10.1. The Labute approximate surface area is 178 Å². The minimum Gasteiger partial charge on any atom is -0.397 e. The maximum atomic E-state index is 14.2. The second-order valence-electron chi connectivity index (χ2n) is 7.65. The van der Waals surface area contributed by atoms with E-state index in [0.29, 0.717) is 18.5 Å². The molecule has 31 heavy (non-hydrogen) atoms. The van der Waals surface area contributed by atoms with Crippen molar-refractivity contribution in [1.29, 1.82) is 0 Å². The summed E-state index contributed by atoms with van der Waals surface area (Å²) in [5, 5.41) is 12.6. The monoisotopic (exact) mass is 424 g/mol. The van der Waals surface area contributed by atoms with Gasteiger partial charge in [-0.1, -0.05) is 6.07 Å². The normalized spacial score (nSPS) is 18.5. The molecule has 1 fully saturated rings. The molecule has 8 heteroatoms. The fourth-order valence-corrected chi connectivity index (χ4v) is 3.97. The zero-order valence-electron chi connectivity index (χ0n) is 16.7. The summed E-state index contributed by atoms with van der Waals surface area (Å²) in [6.45, 7) is 0. The van der Waals surface area contributed by atoms with Crippen LogP contribution in [0.4, 0.5) is 20.2 Å². The van der Waals surface area contributed by atoms with E-state index in [-0.39, 0.29) is 34.7 Å². The maximum absolute atomic E-state index is 14.2. The predicted octanol–water partition coefficient (Wildman–Crippen LogP) is 4.27. The van der Waals surface area contributed by atoms with Crippen LogP contribution in [0.5, 0.6) is 0 Å². The molecule has 160 valence electrons. The minimum absolute atomic E-state index is 0.0253. The van der Waals surface area contributed by atoms with Gasteiger partial charge in [0.15, 0.2) is 5.69 Å². The number of hydrogen-bond acceptors (Lipinski definition) is 5. The molecule has 0 atom stereocenters. The first-order valence-electron chi connectivity index (χ1n) is 10.1. The number of aromatic nitrogens is 2. The number of carbonyl (C=O) groups excluding carboxylic acids is 1. The number of nitrogens with two attached hydrogens (primary N) is 1. The van der Waals surface area contributed by atoms with E-state index in [0.717, 1.165) is 30.5 Å². The zero-order valence-corrected chi connectivity index (χ0v) is 16.7. The third-order valence-electron chi connectivity index (χ3n) is 5.60. The van der Waals surface area contributed by atoms with Gasteiger partial charge in [0, 0.05) is 6.20 Å². The van der Waals surface area contributed by atoms with Crippen molar-refractivity contribution in [2.45, 2.75) is 37.7 Å². The number of halogens is 2. The second kappa shape index (κ2) is 8.77. The number of nitrogen functional groups attached to an aromatic ring is 1. The third kappa shape index (κ3) is 4.39. The quantitative estimate of drug-likeness (QED) is 0.581. The molecule has 1 aliphatic carbocycles. The molecule has 1 amide bonds. The van der Waals surface area contributed by atoms with Crippen molar-refractivity contribution in [3.63, 3.8) is 0 Å². The number of nitrogens with zero attached hydrogens (tertiary/aromatic N) is 2. The molecule has 4 N–H and O–H groups in total. The number of anilines is 2. The molecule has 3 aromatic rings. The molecule has 0 bridgehead atoms. The standard InChI is InChI=1S/C23H22F2N4O2/c24-16-2-1-3-17(25)21(16)19-9-8-18(26)22(28-19)23(31)29-20-12-27-11-10-15(20)13-4-6-14(30)7-5-13/h1-3,8-14,30H,4-7,26H2,(H,29,31). The summed E-state index contributed by atoms with van der Waals surface area (Å²) < 4.78 is 28.3. The molecule has 0 saturated heterocycles. The Balaban J connectivity index is 1.63. The molecule has 0 radical (unpaired) electrons. The van der Waals surface area contributed by atoms with Gasteiger partial charge in [0.05, 0.1) is 34.9 Å². The summed E-state index contributed by atoms with van der Waals surface area (Å²) in [7, 11) is 0. The van der Waals surface area contributed by atoms with Crippen LogP contribution in [0.15, 0.2) is 48.8 Å². The van der Waals surface area contributed by atoms with Crippen LogP contribution >= 0.6 is 0 Å². The van der Waals surface area contributed by atoms with Crippen LogP contribution in [-0.2, 0) is 0 Å². The summed E-state index contributed by atoms with van der Waals surface area (Å²) in [5.41, 5.74) is 7.00. The van der Waals surface area contributed by atoms with Gasteiger partial charge in [-0.2, -0.15) is 0 Å². The van der Waals surface area contributed by atoms with Crippen LogP contribution in [-0.4, -0.2) is 27.1 Å². The average Bonchev–Trinajstić information content (AvgIpc) is 2.76. The number of carbonyl (C=O) groups is 1. The lowest BCUT2D eigenvalue weighted by molar-refractivity contribution is 0.102. The fourth-order valence-electron chi connectivity index (χ4n) is 3.97. The summed E-state index contributed by atoms with van der Waals surface area (Å²) in [6.07, 6.45) is 5.92. The van der Waals surface area contributed by atoms with E-state index in [1.165, 1.54) is 18.2 Å². The number of aliphatic hydroxyl groups excluding tert-OH is 1. The Morgan fingerprint density at radius 3 is 2.48 bits per heavy atom. The van der Waals surface area contributed by atoms with Crippen LogP contribution in [0, 0.1) is 11.6 Å². The van der Waals surface area contributed by atoms with Crippen molar-refractivity contribution in [3.8, 4) is 11.3 Å². The Kier molecular flexibility index (Phi) is 5.90. The lowest BCUT2D eigenvalue weighted by Crippen LogP contribution is -2.20. The van der Waals surface area contributed by atoms with E-state index in [2.05, 4.69) is 15.3 Å². The summed E-state index contributed by atoms with van der Waals surface area (Å²) in [4.78, 5) is 21.2. The van der Waals surface area contributed by atoms with Crippen LogP contribution in [0.2, 0.25) is 0 Å². The van der Waals surface area contributed by atoms with Crippen molar-refractivity contribution < 1.29 is 18.7 Å². The highest BCUT2D eigenvalue weighted by molar-refractivity contribution is 6.06. The molecule has 0 aliphatic heterocycles. The largest absolute Gasteiger partial charge is 0.397 e. The Hall–Kier alpha value is -3.39. The lowest BCUT2D eigenvalue weighted by atomic mass is 9.82. The van der Waals surface area contributed by atoms with Crippen molar-refractivity contribution in [1.82, 2.24) is 9.97 Å². The molecule has 4 rings (SSSR count). The van der Waals surface area contributed by atoms with Gasteiger partial charge < -0.3 is 16.2 Å². The van der Waals surface area contributed by atoms with Crippen molar-refractivity contribution >= 4 is 17.3 Å². The molecule has 2 aromatic heterocycles. The summed E-state index contributed by atoms with van der Waals surface area (Å²) >= 11 is 0. The van der Waals surface area contributed by atoms with E-state index >= 15 is 0 Å². The third-order valence-corrected chi connectivity index (χ3v) is 5.60. The van der Waals surface area contributed by atoms with Crippen molar-refractivity contribution in [2.75, 3.05) is 11.1 Å². The fraction of sp³-hybridized carbons (Fsp3) is 0.261. The number of pyridine rings is 2. The molecule has 2 heterocycles. The number of nitrogens with one attached hydrogen (secondary N) is 1. The lowest BCUT2D eigenvalue weighted by Gasteiger charge is -2.27. The highest BCUT2D eigenvalue weighted by Crippen LogP contribution is 2.36. The molecule has 1 aromatic carbocycles. The molecule has 1 aliphatic rings. The van der Waals surface area contributed by atoms with Gasteiger partial charge >= 0.3 is 0 Å². The number of rotatable bonds is 4. The van der Waals surface area contributed by atoms with E-state index in [4.69, 9.17) is 5.73 Å². The van der Waals surface area contributed by atoms with Crippen molar-refractivity contribution in [3.05, 3.63) is 71.7 Å². The second-order valence-corrected chi connectivity index (χ2v) is 7.65. The zero-order chi connectivity index (χ0) is 22.0. The maximum Gasteiger partial charge on any atom is 0.276 e. The molecule has 0 unspecified atom stereocenters. The first-order chi connectivity index (χ1) is 14.9. The van der Waals surface area contributed by atoms with Crippen LogP contribution < -0.4 is 11.1 Å². The van der Waals surface area contributed by atoms with Crippen molar-refractivity contribution in [2.24, 2.45) is 0 Å². The Morgan fingerprint density at radius 2 is 1.77 bits per heavy atom. The highest BCUT2D eigenvalue weighted by Gasteiger charge is 2.24. The smallest absolute Gasteiger partial charge is 0.276 e. The SMILES string of the molecule is Nc1ccc(-c2c(F)cccc2F)nc1C(=O)Nc1cnccc1C1CCC(O)CC1. The number of hydrogen-bond donors (Lipinski definition) is 3. The predicted molar refractivity (Wildman–Crippen MR) is 113 cm³/mol. The van der Waals surface area contributed by atoms with Gasteiger partial charge in [0.1, 0.15) is 11.6 Å². The van der Waals surface area contributed by atoms with E-state index in [1.54, 1.807) is 12.4 Å². The number of benzene rings is 1. The van der Waals surface area contributed by atoms with Gasteiger partial charge in [0.25, 0.3) is 5.91 Å². The van der Waals surface area contributed by atoms with Gasteiger partial charge in [-0.3, -0.25) is 9.78 Å². The topological polar surface area (TPSA) is 101 Å². The summed E-state index contributed by atoms with van der Waals surface area (Å²) in [6, 6.07) is 8.12. The van der Waals surface area contributed by atoms with Crippen LogP contribution in [0.1, 0.15) is 47.7 Å². The number of amides is 1. The number of aliphatic hydroxyl groups is 1. The van der Waals surface area contributed by atoms with Crippen LogP contribution in [0.25, 0.3) is 11.3 Å². The molecular formula is C23H22F2N4O2. The average molecular weight is 424 g/mol. The minimum atomic E-state index is -0.780. The molecule has 1 saturated carbocycles. The van der Waals surface area contributed by atoms with Gasteiger partial charge in [-0.05, 0) is 67.5 Å².